The van der Waals surface area contributed by atoms with Crippen molar-refractivity contribution < 1.29 is 24.5 Å². The molecule has 0 fully saturated rings. The summed E-state index contributed by atoms with van der Waals surface area (Å²) in [6.45, 7) is 4.85. The summed E-state index contributed by atoms with van der Waals surface area (Å²) in [5, 5.41) is 23.0. The van der Waals surface area contributed by atoms with E-state index in [-0.39, 0.29) is 18.5 Å². The fourth-order valence-electron chi connectivity index (χ4n) is 7.80. The summed E-state index contributed by atoms with van der Waals surface area (Å²) >= 11 is 0. The monoisotopic (exact) mass is 844 g/mol. The molecule has 0 radical (unpaired) electrons. The van der Waals surface area contributed by atoms with E-state index in [4.69, 9.17) is 4.74 Å². The van der Waals surface area contributed by atoms with Crippen LogP contribution < -0.4 is 5.32 Å². The first kappa shape index (κ1) is 58.1. The molecule has 0 aliphatic rings. The van der Waals surface area contributed by atoms with Gasteiger partial charge in [0.1, 0.15) is 0 Å². The van der Waals surface area contributed by atoms with Crippen LogP contribution in [0.3, 0.4) is 0 Å². The molecule has 0 saturated carbocycles. The molecule has 6 heteroatoms. The maximum Gasteiger partial charge on any atom is 0.305 e. The quantitative estimate of drug-likeness (QED) is 0.0322. The highest BCUT2D eigenvalue weighted by molar-refractivity contribution is 5.76. The molecule has 1 amide bonds. The molecule has 2 unspecified atom stereocenters. The summed E-state index contributed by atoms with van der Waals surface area (Å²) in [7, 11) is 0. The molecule has 0 spiro atoms. The Balaban J connectivity index is 3.48. The van der Waals surface area contributed by atoms with E-state index in [1.54, 1.807) is 6.08 Å². The van der Waals surface area contributed by atoms with Gasteiger partial charge in [-0.05, 0) is 83.5 Å². The highest BCUT2D eigenvalue weighted by Crippen LogP contribution is 2.14. The molecule has 0 aliphatic heterocycles. The normalized spacial score (nSPS) is 12.9. The van der Waals surface area contributed by atoms with Gasteiger partial charge in [0.05, 0.1) is 25.4 Å². The Labute approximate surface area is 373 Å². The first-order valence-electron chi connectivity index (χ1n) is 26.3. The Hall–Kier alpha value is -1.92. The third-order valence-electron chi connectivity index (χ3n) is 11.9. The number of carbonyl (C=O) groups excluding carboxylic acids is 2. The number of hydrogen-bond acceptors (Lipinski definition) is 5. The molecular formula is C54H101NO5. The van der Waals surface area contributed by atoms with E-state index in [1.165, 1.54) is 186 Å². The summed E-state index contributed by atoms with van der Waals surface area (Å²) < 4.78 is 5.46. The molecule has 2 atom stereocenters. The zero-order chi connectivity index (χ0) is 43.7. The second kappa shape index (κ2) is 49.7. The lowest BCUT2D eigenvalue weighted by Crippen LogP contribution is -2.45. The van der Waals surface area contributed by atoms with Crippen molar-refractivity contribution in [1.82, 2.24) is 5.32 Å². The van der Waals surface area contributed by atoms with Crippen molar-refractivity contribution in [3.05, 3.63) is 36.5 Å². The number of allylic oxidation sites excluding steroid dienone is 5. The molecule has 3 N–H and O–H groups in total. The van der Waals surface area contributed by atoms with E-state index in [0.717, 1.165) is 57.8 Å². The largest absolute Gasteiger partial charge is 0.466 e. The molecule has 60 heavy (non-hydrogen) atoms. The van der Waals surface area contributed by atoms with Gasteiger partial charge in [0.2, 0.25) is 5.91 Å². The number of carbonyl (C=O) groups is 2. The van der Waals surface area contributed by atoms with Gasteiger partial charge in [-0.1, -0.05) is 211 Å². The number of nitrogens with one attached hydrogen (secondary N) is 1. The van der Waals surface area contributed by atoms with Crippen LogP contribution in [0.2, 0.25) is 0 Å². The number of hydrogen-bond donors (Lipinski definition) is 3. The standard InChI is InChI=1S/C54H101NO5/c1-3-5-7-9-11-13-15-16-20-24-28-32-36-40-44-48-54(59)60-49-45-41-37-33-29-25-22-19-17-18-21-23-27-31-35-39-43-47-53(58)55-51(50-56)52(57)46-42-38-34-30-26-14-12-10-8-6-4-2/h16-17,19-20,42,46,51-52,56-57H,3-15,18,21-41,43-45,47-50H2,1-2H3,(H,55,58)/b19-17-,20-16-,46-42+. The highest BCUT2D eigenvalue weighted by atomic mass is 16.5. The van der Waals surface area contributed by atoms with E-state index in [2.05, 4.69) is 43.5 Å². The van der Waals surface area contributed by atoms with Gasteiger partial charge in [0.25, 0.3) is 0 Å². The zero-order valence-electron chi connectivity index (χ0n) is 39.9. The average molecular weight is 844 g/mol. The lowest BCUT2D eigenvalue weighted by atomic mass is 10.1. The molecule has 0 rings (SSSR count). The Morgan fingerprint density at radius 1 is 0.450 bits per heavy atom. The van der Waals surface area contributed by atoms with E-state index < -0.39 is 12.1 Å². The number of unbranched alkanes of at least 4 members (excludes halogenated alkanes) is 33. The maximum absolute atomic E-state index is 12.4. The van der Waals surface area contributed by atoms with E-state index >= 15 is 0 Å². The molecule has 6 nitrogen and oxygen atoms in total. The van der Waals surface area contributed by atoms with Crippen LogP contribution in [0.1, 0.15) is 271 Å². The predicted octanol–water partition coefficient (Wildman–Crippen LogP) is 15.7. The number of amides is 1. The molecular weight excluding hydrogens is 743 g/mol. The molecule has 0 heterocycles. The van der Waals surface area contributed by atoms with Gasteiger partial charge in [-0.2, -0.15) is 0 Å². The summed E-state index contributed by atoms with van der Waals surface area (Å²) in [5.41, 5.74) is 0. The van der Waals surface area contributed by atoms with Crippen molar-refractivity contribution in [1.29, 1.82) is 0 Å². The summed E-state index contributed by atoms with van der Waals surface area (Å²) in [6, 6.07) is -0.636. The first-order chi connectivity index (χ1) is 29.5. The molecule has 0 aliphatic carbocycles. The lowest BCUT2D eigenvalue weighted by molar-refractivity contribution is -0.143. The Morgan fingerprint density at radius 2 is 0.783 bits per heavy atom. The van der Waals surface area contributed by atoms with Gasteiger partial charge in [-0.25, -0.2) is 0 Å². The van der Waals surface area contributed by atoms with Crippen LogP contribution >= 0.6 is 0 Å². The molecule has 352 valence electrons. The third kappa shape index (κ3) is 45.6. The minimum absolute atomic E-state index is 0.0114. The van der Waals surface area contributed by atoms with Gasteiger partial charge < -0.3 is 20.3 Å². The van der Waals surface area contributed by atoms with Gasteiger partial charge in [0, 0.05) is 12.8 Å². The van der Waals surface area contributed by atoms with Crippen molar-refractivity contribution >= 4 is 11.9 Å². The first-order valence-corrected chi connectivity index (χ1v) is 26.3. The van der Waals surface area contributed by atoms with E-state index in [0.29, 0.717) is 19.4 Å². The van der Waals surface area contributed by atoms with Gasteiger partial charge in [-0.15, -0.1) is 0 Å². The van der Waals surface area contributed by atoms with E-state index in [9.17, 15) is 19.8 Å². The Morgan fingerprint density at radius 3 is 1.18 bits per heavy atom. The van der Waals surface area contributed by atoms with Crippen LogP contribution in [0.25, 0.3) is 0 Å². The lowest BCUT2D eigenvalue weighted by Gasteiger charge is -2.20. The summed E-state index contributed by atoms with van der Waals surface area (Å²) in [5.74, 6) is -0.0938. The number of rotatable bonds is 48. The van der Waals surface area contributed by atoms with E-state index in [1.807, 2.05) is 6.08 Å². The van der Waals surface area contributed by atoms with Crippen LogP contribution in [0.4, 0.5) is 0 Å². The number of aliphatic hydroxyl groups excluding tert-OH is 2. The average Bonchev–Trinajstić information content (AvgIpc) is 3.25. The Kier molecular flexibility index (Phi) is 48.1. The third-order valence-corrected chi connectivity index (χ3v) is 11.9. The number of aliphatic hydroxyl groups is 2. The second-order valence-corrected chi connectivity index (χ2v) is 17.8. The summed E-state index contributed by atoms with van der Waals surface area (Å²) in [4.78, 5) is 24.4. The van der Waals surface area contributed by atoms with Crippen LogP contribution in [0, 0.1) is 0 Å². The molecule has 0 bridgehead atoms. The highest BCUT2D eigenvalue weighted by Gasteiger charge is 2.18. The van der Waals surface area contributed by atoms with Gasteiger partial charge >= 0.3 is 5.97 Å². The van der Waals surface area contributed by atoms with Crippen molar-refractivity contribution in [2.75, 3.05) is 13.2 Å². The summed E-state index contributed by atoms with van der Waals surface area (Å²) in [6.07, 6.45) is 60.0. The van der Waals surface area contributed by atoms with Crippen molar-refractivity contribution in [2.24, 2.45) is 0 Å². The molecule has 0 aromatic heterocycles. The van der Waals surface area contributed by atoms with Gasteiger partial charge in [-0.3, -0.25) is 9.59 Å². The SMILES string of the molecule is CCCCCCCC/C=C\CCCCCCCC(=O)OCCCCCCCC/C=C\CCCCCCCCCC(=O)NC(CO)C(O)/C=C/CCCCCCCCCCC. The maximum atomic E-state index is 12.4. The van der Waals surface area contributed by atoms with Gasteiger partial charge in [0.15, 0.2) is 0 Å². The smallest absolute Gasteiger partial charge is 0.305 e. The van der Waals surface area contributed by atoms with Crippen LogP contribution in [0.15, 0.2) is 36.5 Å². The number of esters is 1. The van der Waals surface area contributed by atoms with Crippen molar-refractivity contribution in [3.63, 3.8) is 0 Å². The van der Waals surface area contributed by atoms with Crippen LogP contribution in [-0.2, 0) is 14.3 Å². The topological polar surface area (TPSA) is 95.9 Å². The molecule has 0 aromatic carbocycles. The minimum atomic E-state index is -0.851. The second-order valence-electron chi connectivity index (χ2n) is 17.8. The fraction of sp³-hybridized carbons (Fsp3) is 0.852. The zero-order valence-corrected chi connectivity index (χ0v) is 39.9. The fourth-order valence-corrected chi connectivity index (χ4v) is 7.80. The van der Waals surface area contributed by atoms with Crippen molar-refractivity contribution in [3.8, 4) is 0 Å². The Bertz CT molecular complexity index is 977. The van der Waals surface area contributed by atoms with Crippen LogP contribution in [-0.4, -0.2) is 47.4 Å². The number of ether oxygens (including phenoxy) is 1. The predicted molar refractivity (Wildman–Crippen MR) is 259 cm³/mol. The van der Waals surface area contributed by atoms with Crippen molar-refractivity contribution in [2.45, 2.75) is 283 Å². The molecule has 0 aromatic rings. The minimum Gasteiger partial charge on any atom is -0.466 e. The molecule has 0 saturated heterocycles. The van der Waals surface area contributed by atoms with Crippen LogP contribution in [0.5, 0.6) is 0 Å².